The third kappa shape index (κ3) is 5.99. The van der Waals surface area contributed by atoms with Gasteiger partial charge >= 0.3 is 5.97 Å². The number of ether oxygens (including phenoxy) is 1. The number of nitrogens with zero attached hydrogens (tertiary/aromatic N) is 2. The fraction of sp³-hybridized carbons (Fsp3) is 0.367. The van der Waals surface area contributed by atoms with E-state index in [1.165, 1.54) is 21.6 Å². The first-order chi connectivity index (χ1) is 16.7. The maximum atomic E-state index is 13.0. The molecule has 2 unspecified atom stereocenters. The van der Waals surface area contributed by atoms with Gasteiger partial charge in [0.2, 0.25) is 6.29 Å². The Hall–Kier alpha value is -2.99. The normalized spacial score (nSPS) is 22.9. The second-order valence-electron chi connectivity index (χ2n) is 10.5. The van der Waals surface area contributed by atoms with Gasteiger partial charge in [-0.25, -0.2) is 9.80 Å². The lowest BCUT2D eigenvalue weighted by Crippen LogP contribution is -3.14. The number of carbonyl (C=O) groups is 1. The molecule has 5 nitrogen and oxygen atoms in total. The van der Waals surface area contributed by atoms with Crippen LogP contribution in [0.15, 0.2) is 91.0 Å². The summed E-state index contributed by atoms with van der Waals surface area (Å²) in [6.07, 6.45) is -0.0156. The third-order valence-corrected chi connectivity index (χ3v) is 6.66. The minimum absolute atomic E-state index is 0.0156. The summed E-state index contributed by atoms with van der Waals surface area (Å²) in [5.74, 6) is -0.200. The molecule has 1 saturated heterocycles. The molecule has 1 aliphatic heterocycles. The molecule has 4 rings (SSSR count). The van der Waals surface area contributed by atoms with E-state index in [4.69, 9.17) is 4.74 Å². The zero-order chi connectivity index (χ0) is 25.0. The smallest absolute Gasteiger partial charge is 0.320 e. The van der Waals surface area contributed by atoms with Crippen LogP contribution >= 0.6 is 0 Å². The summed E-state index contributed by atoms with van der Waals surface area (Å²) in [6, 6.07) is 32.2. The molecule has 1 heterocycles. The second-order valence-corrected chi connectivity index (χ2v) is 10.5. The highest BCUT2D eigenvalue weighted by atomic mass is 16.6. The van der Waals surface area contributed by atoms with E-state index < -0.39 is 5.60 Å². The first kappa shape index (κ1) is 25.1. The Morgan fingerprint density at radius 1 is 0.886 bits per heavy atom. The largest absolute Gasteiger partial charge is 0.459 e. The highest BCUT2D eigenvalue weighted by molar-refractivity contribution is 5.72. The molecule has 1 N–H and O–H groups in total. The topological polar surface area (TPSA) is 37.2 Å². The average Bonchev–Trinajstić information content (AvgIpc) is 3.09. The number of rotatable bonds is 7. The first-order valence-corrected chi connectivity index (χ1v) is 12.4. The molecule has 184 valence electrons. The van der Waals surface area contributed by atoms with Crippen molar-refractivity contribution in [1.82, 2.24) is 9.80 Å². The van der Waals surface area contributed by atoms with E-state index in [2.05, 4.69) is 109 Å². The minimum atomic E-state index is -0.519. The third-order valence-electron chi connectivity index (χ3n) is 6.66. The zero-order valence-corrected chi connectivity index (χ0v) is 21.5. The molecule has 3 aromatic rings. The van der Waals surface area contributed by atoms with Crippen LogP contribution in [0, 0.1) is 0 Å². The predicted octanol–water partition coefficient (Wildman–Crippen LogP) is 4.06. The number of hydrogen-bond donors (Lipinski definition) is 1. The van der Waals surface area contributed by atoms with E-state index in [-0.39, 0.29) is 30.9 Å². The fourth-order valence-electron chi connectivity index (χ4n) is 5.43. The summed E-state index contributed by atoms with van der Waals surface area (Å²) >= 11 is 0. The maximum absolute atomic E-state index is 13.0. The molecule has 1 fully saturated rings. The van der Waals surface area contributed by atoms with Crippen molar-refractivity contribution in [3.8, 4) is 0 Å². The summed E-state index contributed by atoms with van der Waals surface area (Å²) in [4.78, 5) is 19.1. The number of likely N-dealkylation sites (N-methyl/N-ethyl adjacent to an activating group) is 2. The van der Waals surface area contributed by atoms with Gasteiger partial charge in [0.15, 0.2) is 0 Å². The van der Waals surface area contributed by atoms with Crippen LogP contribution in [0.5, 0.6) is 0 Å². The van der Waals surface area contributed by atoms with Gasteiger partial charge in [-0.15, -0.1) is 0 Å². The van der Waals surface area contributed by atoms with Crippen molar-refractivity contribution in [3.05, 3.63) is 108 Å². The van der Waals surface area contributed by atoms with Gasteiger partial charge in [0.25, 0.3) is 0 Å². The van der Waals surface area contributed by atoms with E-state index in [1.807, 2.05) is 26.8 Å². The summed E-state index contributed by atoms with van der Waals surface area (Å²) < 4.78 is 5.75. The Morgan fingerprint density at radius 3 is 1.94 bits per heavy atom. The lowest BCUT2D eigenvalue weighted by atomic mass is 9.93. The summed E-state index contributed by atoms with van der Waals surface area (Å²) in [6.45, 7) is 6.64. The molecule has 4 atom stereocenters. The molecular formula is C30H38N3O2+. The fourth-order valence-corrected chi connectivity index (χ4v) is 5.43. The van der Waals surface area contributed by atoms with E-state index >= 15 is 0 Å². The highest BCUT2D eigenvalue weighted by Crippen LogP contribution is 2.37. The first-order valence-electron chi connectivity index (χ1n) is 12.4. The van der Waals surface area contributed by atoms with Gasteiger partial charge in [-0.2, -0.15) is 0 Å². The van der Waals surface area contributed by atoms with Crippen LogP contribution in [0.3, 0.4) is 0 Å². The predicted molar refractivity (Wildman–Crippen MR) is 140 cm³/mol. The van der Waals surface area contributed by atoms with E-state index in [0.717, 1.165) is 0 Å². The molecule has 0 aromatic heterocycles. The van der Waals surface area contributed by atoms with Gasteiger partial charge in [0.1, 0.15) is 18.2 Å². The Morgan fingerprint density at radius 2 is 1.40 bits per heavy atom. The van der Waals surface area contributed by atoms with Crippen LogP contribution in [0.4, 0.5) is 0 Å². The van der Waals surface area contributed by atoms with Crippen LogP contribution in [0.2, 0.25) is 0 Å². The van der Waals surface area contributed by atoms with Gasteiger partial charge in [-0.3, -0.25) is 4.79 Å². The van der Waals surface area contributed by atoms with Crippen molar-refractivity contribution in [2.75, 3.05) is 20.6 Å². The van der Waals surface area contributed by atoms with Gasteiger partial charge in [0.05, 0.1) is 13.1 Å². The monoisotopic (exact) mass is 472 g/mol. The lowest BCUT2D eigenvalue weighted by Gasteiger charge is -2.34. The Balaban J connectivity index is 1.72. The van der Waals surface area contributed by atoms with Gasteiger partial charge < -0.3 is 9.64 Å². The quantitative estimate of drug-likeness (QED) is 0.527. The van der Waals surface area contributed by atoms with Crippen LogP contribution in [0.1, 0.15) is 49.5 Å². The number of carbonyl (C=O) groups excluding carboxylic acids is 1. The molecule has 0 bridgehead atoms. The Bertz CT molecular complexity index is 1030. The van der Waals surface area contributed by atoms with Crippen molar-refractivity contribution in [2.45, 2.75) is 51.3 Å². The van der Waals surface area contributed by atoms with Crippen molar-refractivity contribution in [3.63, 3.8) is 0 Å². The van der Waals surface area contributed by atoms with Gasteiger partial charge in [0, 0.05) is 12.1 Å². The number of nitrogens with one attached hydrogen (secondary N) is 1. The SMILES string of the molecule is CN1C(N(CC(=O)OC(C)(C)C)Cc2ccccc2)[NH+](C)[C@@H](c2ccccc2)[C@@H]1c1ccccc1. The molecule has 1 aliphatic rings. The van der Waals surface area contributed by atoms with Crippen molar-refractivity contribution < 1.29 is 14.4 Å². The van der Waals surface area contributed by atoms with Crippen molar-refractivity contribution >= 4 is 5.97 Å². The number of esters is 1. The molecule has 0 aliphatic carbocycles. The van der Waals surface area contributed by atoms with Crippen molar-refractivity contribution in [1.29, 1.82) is 0 Å². The van der Waals surface area contributed by atoms with E-state index in [9.17, 15) is 4.79 Å². The van der Waals surface area contributed by atoms with Crippen LogP contribution in [0.25, 0.3) is 0 Å². The van der Waals surface area contributed by atoms with Crippen molar-refractivity contribution in [2.24, 2.45) is 0 Å². The van der Waals surface area contributed by atoms with E-state index in [1.54, 1.807) is 0 Å². The number of benzene rings is 3. The summed E-state index contributed by atoms with van der Waals surface area (Å²) in [7, 11) is 4.43. The molecule has 0 saturated carbocycles. The Kier molecular flexibility index (Phi) is 7.70. The van der Waals surface area contributed by atoms with Crippen LogP contribution in [-0.4, -0.2) is 48.3 Å². The lowest BCUT2D eigenvalue weighted by molar-refractivity contribution is -0.941. The summed E-state index contributed by atoms with van der Waals surface area (Å²) in [5, 5.41) is 0. The van der Waals surface area contributed by atoms with Crippen LogP contribution in [-0.2, 0) is 16.1 Å². The average molecular weight is 473 g/mol. The van der Waals surface area contributed by atoms with Crippen LogP contribution < -0.4 is 4.90 Å². The molecule has 35 heavy (non-hydrogen) atoms. The van der Waals surface area contributed by atoms with Gasteiger partial charge in [-0.05, 0) is 38.9 Å². The van der Waals surface area contributed by atoms with E-state index in [0.29, 0.717) is 6.54 Å². The minimum Gasteiger partial charge on any atom is -0.459 e. The highest BCUT2D eigenvalue weighted by Gasteiger charge is 2.51. The zero-order valence-electron chi connectivity index (χ0n) is 21.5. The molecule has 0 amide bonds. The molecule has 3 aromatic carbocycles. The molecule has 0 spiro atoms. The maximum Gasteiger partial charge on any atom is 0.320 e. The molecule has 5 heteroatoms. The molecular weight excluding hydrogens is 434 g/mol. The molecule has 0 radical (unpaired) electrons. The van der Waals surface area contributed by atoms with Gasteiger partial charge in [-0.1, -0.05) is 91.0 Å². The standard InChI is InChI=1S/C30H37N3O2/c1-30(2,3)35-26(34)22-33(21-23-15-9-6-10-16-23)29-31(4)27(24-17-11-7-12-18-24)28(32(29)5)25-19-13-8-14-20-25/h6-20,27-29H,21-22H2,1-5H3/p+1/t27-,28-/m0/s1. The number of hydrogen-bond acceptors (Lipinski definition) is 4. The Labute approximate surface area is 209 Å². The number of quaternary nitrogens is 1. The second kappa shape index (κ2) is 10.7. The summed E-state index contributed by atoms with van der Waals surface area (Å²) in [5.41, 5.74) is 3.24.